The molecule has 6 rings (SSSR count). The van der Waals surface area contributed by atoms with Crippen molar-refractivity contribution in [3.8, 4) is 11.5 Å². The summed E-state index contributed by atoms with van der Waals surface area (Å²) < 4.78 is 11.3. The molecule has 1 spiro atoms. The van der Waals surface area contributed by atoms with Gasteiger partial charge in [0.25, 0.3) is 0 Å². The van der Waals surface area contributed by atoms with Crippen LogP contribution in [0.25, 0.3) is 6.08 Å². The number of benzene rings is 3. The lowest BCUT2D eigenvalue weighted by molar-refractivity contribution is -0.118. The van der Waals surface area contributed by atoms with E-state index < -0.39 is 23.4 Å². The van der Waals surface area contributed by atoms with Gasteiger partial charge in [0.05, 0.1) is 26.3 Å². The number of hydrogen-bond acceptors (Lipinski definition) is 6. The Labute approximate surface area is 215 Å². The van der Waals surface area contributed by atoms with Gasteiger partial charge in [-0.2, -0.15) is 0 Å². The number of hydrogen-bond donors (Lipinski definition) is 0. The second-order valence-corrected chi connectivity index (χ2v) is 9.99. The Morgan fingerprint density at radius 2 is 1.62 bits per heavy atom. The zero-order valence-corrected chi connectivity index (χ0v) is 21.1. The van der Waals surface area contributed by atoms with Crippen molar-refractivity contribution in [3.05, 3.63) is 94.6 Å². The topological polar surface area (TPSA) is 72.9 Å². The molecule has 1 aliphatic carbocycles. The predicted molar refractivity (Wildman–Crippen MR) is 141 cm³/mol. The second-order valence-electron chi connectivity index (χ2n) is 9.99. The standard InChI is InChI=1S/C31H27NO5/c1-17-9-10-19-11-14-26-31(29(34)21-7-5-6-8-22(21)30(31)35)27(28(18(2)33)32(26)24(19)15-17)23-16-20(36-3)12-13-25(23)37-4/h5-16,26-28H,1-4H3/t26?,27-,28-/m0/s1. The van der Waals surface area contributed by atoms with Gasteiger partial charge in [0.2, 0.25) is 0 Å². The van der Waals surface area contributed by atoms with Gasteiger partial charge < -0.3 is 14.4 Å². The fourth-order valence-corrected chi connectivity index (χ4v) is 6.65. The predicted octanol–water partition coefficient (Wildman–Crippen LogP) is 5.03. The Morgan fingerprint density at radius 3 is 2.24 bits per heavy atom. The number of ketones is 3. The molecule has 0 radical (unpaired) electrons. The maximum atomic E-state index is 14.5. The Kier molecular flexibility index (Phi) is 5.13. The number of carbonyl (C=O) groups excluding carboxylic acids is 3. The Morgan fingerprint density at radius 1 is 0.919 bits per heavy atom. The van der Waals surface area contributed by atoms with E-state index in [9.17, 15) is 14.4 Å². The molecule has 1 fully saturated rings. The van der Waals surface area contributed by atoms with E-state index in [1.54, 1.807) is 56.7 Å². The van der Waals surface area contributed by atoms with E-state index in [0.29, 0.717) is 28.2 Å². The molecule has 0 amide bonds. The highest BCUT2D eigenvalue weighted by molar-refractivity contribution is 6.32. The van der Waals surface area contributed by atoms with Gasteiger partial charge >= 0.3 is 0 Å². The van der Waals surface area contributed by atoms with Gasteiger partial charge in [0, 0.05) is 28.3 Å². The second kappa shape index (κ2) is 8.17. The minimum Gasteiger partial charge on any atom is -0.497 e. The molecule has 3 aliphatic rings. The Hall–Kier alpha value is -4.19. The van der Waals surface area contributed by atoms with E-state index >= 15 is 0 Å². The molecule has 0 aromatic heterocycles. The van der Waals surface area contributed by atoms with Crippen molar-refractivity contribution in [2.45, 2.75) is 31.8 Å². The van der Waals surface area contributed by atoms with Crippen LogP contribution in [-0.4, -0.2) is 43.7 Å². The number of fused-ring (bicyclic) bond motifs is 5. The van der Waals surface area contributed by atoms with Gasteiger partial charge in [-0.1, -0.05) is 48.6 Å². The quantitative estimate of drug-likeness (QED) is 0.475. The summed E-state index contributed by atoms with van der Waals surface area (Å²) in [6, 6.07) is 16.9. The van der Waals surface area contributed by atoms with Crippen LogP contribution in [0.2, 0.25) is 0 Å². The largest absolute Gasteiger partial charge is 0.497 e. The molecular formula is C31H27NO5. The van der Waals surface area contributed by atoms with Crippen molar-refractivity contribution in [2.75, 3.05) is 19.1 Å². The minimum absolute atomic E-state index is 0.129. The molecule has 3 aromatic carbocycles. The number of Topliss-reactive ketones (excluding diaryl/α,β-unsaturated/α-hetero) is 3. The van der Waals surface area contributed by atoms with Crippen LogP contribution in [0.1, 0.15) is 50.2 Å². The summed E-state index contributed by atoms with van der Waals surface area (Å²) in [5, 5.41) is 0. The number of rotatable bonds is 4. The number of aryl methyl sites for hydroxylation is 1. The summed E-state index contributed by atoms with van der Waals surface area (Å²) in [6.07, 6.45) is 3.88. The first-order chi connectivity index (χ1) is 17.8. The van der Waals surface area contributed by atoms with Crippen LogP contribution in [0.5, 0.6) is 11.5 Å². The van der Waals surface area contributed by atoms with Crippen LogP contribution in [0, 0.1) is 12.3 Å². The highest BCUT2D eigenvalue weighted by Gasteiger charge is 2.71. The van der Waals surface area contributed by atoms with E-state index in [1.807, 2.05) is 42.2 Å². The fourth-order valence-electron chi connectivity index (χ4n) is 6.65. The highest BCUT2D eigenvalue weighted by Crippen LogP contribution is 2.61. The Bertz CT molecular complexity index is 1480. The van der Waals surface area contributed by atoms with Crippen molar-refractivity contribution in [1.29, 1.82) is 0 Å². The zero-order valence-electron chi connectivity index (χ0n) is 21.1. The fraction of sp³-hybridized carbons (Fsp3) is 0.258. The van der Waals surface area contributed by atoms with Gasteiger partial charge in [0.1, 0.15) is 16.9 Å². The van der Waals surface area contributed by atoms with Crippen LogP contribution in [0.4, 0.5) is 5.69 Å². The third kappa shape index (κ3) is 2.95. The van der Waals surface area contributed by atoms with Gasteiger partial charge in [-0.3, -0.25) is 14.4 Å². The lowest BCUT2D eigenvalue weighted by atomic mass is 9.64. The van der Waals surface area contributed by atoms with Crippen LogP contribution in [0.3, 0.4) is 0 Å². The first-order valence-electron chi connectivity index (χ1n) is 12.3. The van der Waals surface area contributed by atoms with E-state index in [0.717, 1.165) is 16.8 Å². The molecule has 37 heavy (non-hydrogen) atoms. The van der Waals surface area contributed by atoms with Gasteiger partial charge in [-0.25, -0.2) is 0 Å². The number of nitrogens with zero attached hydrogens (tertiary/aromatic N) is 1. The third-order valence-electron chi connectivity index (χ3n) is 8.15. The van der Waals surface area contributed by atoms with Gasteiger partial charge in [-0.05, 0) is 49.2 Å². The molecule has 0 saturated carbocycles. The van der Waals surface area contributed by atoms with Crippen molar-refractivity contribution in [3.63, 3.8) is 0 Å². The van der Waals surface area contributed by atoms with Crippen LogP contribution in [0.15, 0.2) is 66.7 Å². The third-order valence-corrected chi connectivity index (χ3v) is 8.15. The van der Waals surface area contributed by atoms with Gasteiger partial charge in [0.15, 0.2) is 17.3 Å². The molecule has 2 aliphatic heterocycles. The zero-order chi connectivity index (χ0) is 26.1. The monoisotopic (exact) mass is 493 g/mol. The maximum absolute atomic E-state index is 14.5. The molecule has 0 bridgehead atoms. The SMILES string of the molecule is COc1ccc(OC)c([C@H]2[C@H](C(C)=O)N3c4cc(C)ccc4C=CC3C23C(=O)c2ccccc2C3=O)c1. The smallest absolute Gasteiger partial charge is 0.180 e. The van der Waals surface area contributed by atoms with Crippen molar-refractivity contribution in [1.82, 2.24) is 0 Å². The van der Waals surface area contributed by atoms with Crippen molar-refractivity contribution in [2.24, 2.45) is 5.41 Å². The lowest BCUT2D eigenvalue weighted by Gasteiger charge is -2.37. The van der Waals surface area contributed by atoms with E-state index in [4.69, 9.17) is 9.47 Å². The number of ether oxygens (including phenoxy) is 2. The number of carbonyl (C=O) groups is 3. The maximum Gasteiger partial charge on any atom is 0.180 e. The van der Waals surface area contributed by atoms with E-state index in [1.165, 1.54) is 6.92 Å². The van der Waals surface area contributed by atoms with Crippen LogP contribution in [-0.2, 0) is 4.79 Å². The molecule has 186 valence electrons. The first-order valence-corrected chi connectivity index (χ1v) is 12.3. The lowest BCUT2D eigenvalue weighted by Crippen LogP contribution is -2.48. The molecule has 1 saturated heterocycles. The molecule has 6 heteroatoms. The summed E-state index contributed by atoms with van der Waals surface area (Å²) >= 11 is 0. The summed E-state index contributed by atoms with van der Waals surface area (Å²) in [6.45, 7) is 3.53. The van der Waals surface area contributed by atoms with Gasteiger partial charge in [-0.15, -0.1) is 0 Å². The molecule has 3 aromatic rings. The molecule has 6 nitrogen and oxygen atoms in total. The molecule has 2 heterocycles. The van der Waals surface area contributed by atoms with Crippen LogP contribution < -0.4 is 14.4 Å². The molecule has 1 unspecified atom stereocenters. The summed E-state index contributed by atoms with van der Waals surface area (Å²) in [4.78, 5) is 44.6. The summed E-state index contributed by atoms with van der Waals surface area (Å²) in [5.74, 6) is -0.397. The molecule has 0 N–H and O–H groups in total. The van der Waals surface area contributed by atoms with Crippen molar-refractivity contribution < 1.29 is 23.9 Å². The van der Waals surface area contributed by atoms with E-state index in [2.05, 4.69) is 0 Å². The normalized spacial score (nSPS) is 22.6. The summed E-state index contributed by atoms with van der Waals surface area (Å²) in [7, 11) is 3.11. The highest BCUT2D eigenvalue weighted by atomic mass is 16.5. The number of methoxy groups -OCH3 is 2. The summed E-state index contributed by atoms with van der Waals surface area (Å²) in [5.41, 5.74) is 2.66. The number of anilines is 1. The molecular weight excluding hydrogens is 466 g/mol. The average molecular weight is 494 g/mol. The first kappa shape index (κ1) is 23.2. The van der Waals surface area contributed by atoms with Crippen LogP contribution >= 0.6 is 0 Å². The minimum atomic E-state index is -1.54. The Balaban J connectivity index is 1.72. The van der Waals surface area contributed by atoms with Crippen molar-refractivity contribution >= 4 is 29.1 Å². The van der Waals surface area contributed by atoms with E-state index in [-0.39, 0.29) is 17.3 Å². The molecule has 3 atom stereocenters. The average Bonchev–Trinajstić information content (AvgIpc) is 3.35.